The maximum Gasteiger partial charge on any atom is 0.0790 e. The molecule has 0 amide bonds. The van der Waals surface area contributed by atoms with E-state index < -0.39 is 0 Å². The first-order valence-corrected chi connectivity index (χ1v) is 5.11. The molecule has 0 aliphatic rings. The van der Waals surface area contributed by atoms with Crippen molar-refractivity contribution in [1.29, 1.82) is 0 Å². The quantitative estimate of drug-likeness (QED) is 0.862. The zero-order valence-electron chi connectivity index (χ0n) is 8.44. The zero-order valence-corrected chi connectivity index (χ0v) is 9.20. The van der Waals surface area contributed by atoms with E-state index in [0.717, 1.165) is 12.2 Å². The van der Waals surface area contributed by atoms with Gasteiger partial charge >= 0.3 is 0 Å². The van der Waals surface area contributed by atoms with Gasteiger partial charge in [0.25, 0.3) is 0 Å². The molecule has 0 saturated carbocycles. The van der Waals surface area contributed by atoms with E-state index in [9.17, 15) is 0 Å². The lowest BCUT2D eigenvalue weighted by atomic mass is 10.2. The van der Waals surface area contributed by atoms with Crippen molar-refractivity contribution in [3.63, 3.8) is 0 Å². The van der Waals surface area contributed by atoms with Crippen LogP contribution in [0.1, 0.15) is 5.56 Å². The number of nitrogens with one attached hydrogen (secondary N) is 1. The highest BCUT2D eigenvalue weighted by molar-refractivity contribution is 6.30. The van der Waals surface area contributed by atoms with Crippen LogP contribution in [0.3, 0.4) is 0 Å². The Bertz CT molecular complexity index is 433. The van der Waals surface area contributed by atoms with Gasteiger partial charge in [0.1, 0.15) is 0 Å². The number of nitrogens with zero attached hydrogens (tertiary/aromatic N) is 2. The summed E-state index contributed by atoms with van der Waals surface area (Å²) < 4.78 is 1.76. The summed E-state index contributed by atoms with van der Waals surface area (Å²) in [5.41, 5.74) is 2.27. The van der Waals surface area contributed by atoms with Gasteiger partial charge in [-0.3, -0.25) is 0 Å². The Hall–Kier alpha value is -1.32. The number of hydrogen-bond donors (Lipinski definition) is 1. The molecular formula is C11H12ClN3. The van der Waals surface area contributed by atoms with Gasteiger partial charge < -0.3 is 5.32 Å². The van der Waals surface area contributed by atoms with Crippen molar-refractivity contribution in [1.82, 2.24) is 15.1 Å². The fourth-order valence-electron chi connectivity index (χ4n) is 1.41. The molecule has 0 aliphatic heterocycles. The fourth-order valence-corrected chi connectivity index (χ4v) is 1.55. The van der Waals surface area contributed by atoms with Crippen LogP contribution < -0.4 is 5.32 Å². The summed E-state index contributed by atoms with van der Waals surface area (Å²) in [6.07, 6.45) is 3.41. The minimum absolute atomic E-state index is 0.648. The largest absolute Gasteiger partial charge is 0.316 e. The Labute approximate surface area is 93.7 Å². The molecule has 0 radical (unpaired) electrons. The maximum atomic E-state index is 5.80. The maximum absolute atomic E-state index is 5.80. The Morgan fingerprint density at radius 1 is 1.33 bits per heavy atom. The van der Waals surface area contributed by atoms with Crippen LogP contribution in [0.2, 0.25) is 5.02 Å². The first-order valence-electron chi connectivity index (χ1n) is 4.73. The van der Waals surface area contributed by atoms with Crippen molar-refractivity contribution in [2.45, 2.75) is 6.54 Å². The monoisotopic (exact) mass is 221 g/mol. The van der Waals surface area contributed by atoms with Gasteiger partial charge in [0, 0.05) is 12.7 Å². The van der Waals surface area contributed by atoms with Crippen molar-refractivity contribution in [2.24, 2.45) is 0 Å². The van der Waals surface area contributed by atoms with Crippen molar-refractivity contribution in [3.05, 3.63) is 47.2 Å². The standard InChI is InChI=1S/C11H12ClN3/c1-13-6-9-2-4-11(5-3-9)15-8-10(12)7-14-15/h2-5,7-8,13H,6H2,1H3. The number of benzene rings is 1. The Morgan fingerprint density at radius 3 is 2.60 bits per heavy atom. The molecule has 1 N–H and O–H groups in total. The van der Waals surface area contributed by atoms with Gasteiger partial charge in [-0.1, -0.05) is 23.7 Å². The molecule has 4 heteroatoms. The molecule has 0 saturated heterocycles. The average Bonchev–Trinajstić information content (AvgIpc) is 2.67. The molecular weight excluding hydrogens is 210 g/mol. The predicted molar refractivity (Wildman–Crippen MR) is 61.3 cm³/mol. The van der Waals surface area contributed by atoms with E-state index >= 15 is 0 Å². The number of aromatic nitrogens is 2. The second-order valence-corrected chi connectivity index (χ2v) is 3.74. The van der Waals surface area contributed by atoms with Gasteiger partial charge in [0.15, 0.2) is 0 Å². The molecule has 2 rings (SSSR count). The van der Waals surface area contributed by atoms with Crippen LogP contribution in [-0.2, 0) is 6.54 Å². The molecule has 0 unspecified atom stereocenters. The van der Waals surface area contributed by atoms with Gasteiger partial charge in [-0.15, -0.1) is 0 Å². The van der Waals surface area contributed by atoms with E-state index in [1.54, 1.807) is 17.1 Å². The lowest BCUT2D eigenvalue weighted by molar-refractivity contribution is 0.815. The van der Waals surface area contributed by atoms with Gasteiger partial charge in [-0.05, 0) is 24.7 Å². The van der Waals surface area contributed by atoms with Gasteiger partial charge in [0.2, 0.25) is 0 Å². The lowest BCUT2D eigenvalue weighted by Gasteiger charge is -2.03. The van der Waals surface area contributed by atoms with Gasteiger partial charge in [-0.25, -0.2) is 4.68 Å². The summed E-state index contributed by atoms with van der Waals surface area (Å²) in [4.78, 5) is 0. The summed E-state index contributed by atoms with van der Waals surface area (Å²) in [5.74, 6) is 0. The van der Waals surface area contributed by atoms with Crippen molar-refractivity contribution >= 4 is 11.6 Å². The third kappa shape index (κ3) is 2.37. The normalized spacial score (nSPS) is 10.5. The van der Waals surface area contributed by atoms with Crippen LogP contribution in [0, 0.1) is 0 Å². The molecule has 78 valence electrons. The van der Waals surface area contributed by atoms with Crippen LogP contribution in [0.4, 0.5) is 0 Å². The topological polar surface area (TPSA) is 29.9 Å². The van der Waals surface area contributed by atoms with Crippen molar-refractivity contribution in [3.8, 4) is 5.69 Å². The Kier molecular flexibility index (Phi) is 3.04. The van der Waals surface area contributed by atoms with E-state index in [2.05, 4.69) is 22.5 Å². The van der Waals surface area contributed by atoms with Gasteiger partial charge in [0.05, 0.1) is 16.9 Å². The Balaban J connectivity index is 2.23. The molecule has 0 bridgehead atoms. The third-order valence-electron chi connectivity index (χ3n) is 2.13. The van der Waals surface area contributed by atoms with Crippen molar-refractivity contribution in [2.75, 3.05) is 7.05 Å². The van der Waals surface area contributed by atoms with E-state index in [1.165, 1.54) is 5.56 Å². The Morgan fingerprint density at radius 2 is 2.07 bits per heavy atom. The molecule has 1 aromatic heterocycles. The van der Waals surface area contributed by atoms with Crippen LogP contribution in [0.5, 0.6) is 0 Å². The van der Waals surface area contributed by atoms with Crippen molar-refractivity contribution < 1.29 is 0 Å². The summed E-state index contributed by atoms with van der Waals surface area (Å²) >= 11 is 5.80. The van der Waals surface area contributed by atoms with E-state index in [-0.39, 0.29) is 0 Å². The summed E-state index contributed by atoms with van der Waals surface area (Å²) in [6, 6.07) is 8.19. The number of hydrogen-bond acceptors (Lipinski definition) is 2. The van der Waals surface area contributed by atoms with Crippen LogP contribution in [0.25, 0.3) is 5.69 Å². The highest BCUT2D eigenvalue weighted by Gasteiger charge is 1.98. The highest BCUT2D eigenvalue weighted by atomic mass is 35.5. The SMILES string of the molecule is CNCc1ccc(-n2cc(Cl)cn2)cc1. The minimum atomic E-state index is 0.648. The molecule has 0 aliphatic carbocycles. The highest BCUT2D eigenvalue weighted by Crippen LogP contribution is 2.12. The van der Waals surface area contributed by atoms with Crippen LogP contribution >= 0.6 is 11.6 Å². The van der Waals surface area contributed by atoms with Gasteiger partial charge in [-0.2, -0.15) is 5.10 Å². The number of halogens is 1. The first kappa shape index (κ1) is 10.2. The van der Waals surface area contributed by atoms with Crippen LogP contribution in [-0.4, -0.2) is 16.8 Å². The van der Waals surface area contributed by atoms with Crippen LogP contribution in [0.15, 0.2) is 36.7 Å². The smallest absolute Gasteiger partial charge is 0.0790 e. The minimum Gasteiger partial charge on any atom is -0.316 e. The van der Waals surface area contributed by atoms with E-state index in [1.807, 2.05) is 19.2 Å². The van der Waals surface area contributed by atoms with E-state index in [4.69, 9.17) is 11.6 Å². The summed E-state index contributed by atoms with van der Waals surface area (Å²) in [7, 11) is 1.93. The molecule has 2 aromatic rings. The molecule has 1 heterocycles. The predicted octanol–water partition coefficient (Wildman–Crippen LogP) is 2.25. The molecule has 0 fully saturated rings. The molecule has 3 nitrogen and oxygen atoms in total. The second-order valence-electron chi connectivity index (χ2n) is 3.30. The summed E-state index contributed by atoms with van der Waals surface area (Å²) in [6.45, 7) is 0.875. The second kappa shape index (κ2) is 4.47. The first-order chi connectivity index (χ1) is 7.29. The third-order valence-corrected chi connectivity index (χ3v) is 2.33. The summed E-state index contributed by atoms with van der Waals surface area (Å²) in [5, 5.41) is 7.88. The number of rotatable bonds is 3. The average molecular weight is 222 g/mol. The lowest BCUT2D eigenvalue weighted by Crippen LogP contribution is -2.05. The fraction of sp³-hybridized carbons (Fsp3) is 0.182. The molecule has 0 atom stereocenters. The molecule has 15 heavy (non-hydrogen) atoms. The van der Waals surface area contributed by atoms with E-state index in [0.29, 0.717) is 5.02 Å². The zero-order chi connectivity index (χ0) is 10.7. The molecule has 1 aromatic carbocycles. The molecule has 0 spiro atoms.